The molecule has 1 aliphatic heterocycles. The summed E-state index contributed by atoms with van der Waals surface area (Å²) in [6.07, 6.45) is 1.96. The number of hydrogen-bond acceptors (Lipinski definition) is 2. The fourth-order valence-electron chi connectivity index (χ4n) is 3.14. The van der Waals surface area contributed by atoms with Crippen LogP contribution < -0.4 is 5.32 Å². The van der Waals surface area contributed by atoms with Gasteiger partial charge >= 0.3 is 0 Å². The van der Waals surface area contributed by atoms with Gasteiger partial charge < -0.3 is 10.2 Å². The minimum absolute atomic E-state index is 0.176. The highest BCUT2D eigenvalue weighted by Crippen LogP contribution is 2.23. The molecule has 3 nitrogen and oxygen atoms in total. The Kier molecular flexibility index (Phi) is 5.34. The standard InChI is InChI=1S/C17H25FN2O/c1-4-13-11-20(10-9-15(13)19-5-2)17(21)14-8-6-7-12(3)16(14)18/h6-8,13,15,19H,4-5,9-11H2,1-3H3. The van der Waals surface area contributed by atoms with E-state index in [1.54, 1.807) is 30.0 Å². The number of carbonyl (C=O) groups excluding carboxylic acids is 1. The molecule has 116 valence electrons. The summed E-state index contributed by atoms with van der Waals surface area (Å²) in [5, 5.41) is 3.49. The van der Waals surface area contributed by atoms with Crippen molar-refractivity contribution in [2.45, 2.75) is 39.7 Å². The van der Waals surface area contributed by atoms with Crippen LogP contribution >= 0.6 is 0 Å². The van der Waals surface area contributed by atoms with Gasteiger partial charge in [-0.05, 0) is 37.4 Å². The average Bonchev–Trinajstić information content (AvgIpc) is 2.50. The minimum atomic E-state index is -0.385. The molecular formula is C17H25FN2O. The third-order valence-electron chi connectivity index (χ3n) is 4.43. The Bertz CT molecular complexity index is 504. The molecule has 1 heterocycles. The Morgan fingerprint density at radius 1 is 1.43 bits per heavy atom. The summed E-state index contributed by atoms with van der Waals surface area (Å²) >= 11 is 0. The molecule has 2 rings (SSSR count). The van der Waals surface area contributed by atoms with Crippen molar-refractivity contribution < 1.29 is 9.18 Å². The summed E-state index contributed by atoms with van der Waals surface area (Å²) in [5.41, 5.74) is 0.724. The first-order valence-corrected chi connectivity index (χ1v) is 7.86. The topological polar surface area (TPSA) is 32.3 Å². The van der Waals surface area contributed by atoms with Crippen LogP contribution in [0.3, 0.4) is 0 Å². The van der Waals surface area contributed by atoms with Crippen molar-refractivity contribution in [3.05, 3.63) is 35.1 Å². The van der Waals surface area contributed by atoms with Gasteiger partial charge in [-0.2, -0.15) is 0 Å². The number of carbonyl (C=O) groups is 1. The van der Waals surface area contributed by atoms with E-state index in [2.05, 4.69) is 19.2 Å². The molecular weight excluding hydrogens is 267 g/mol. The predicted molar refractivity (Wildman–Crippen MR) is 82.9 cm³/mol. The molecule has 1 aromatic rings. The van der Waals surface area contributed by atoms with E-state index in [0.29, 0.717) is 30.6 Å². The largest absolute Gasteiger partial charge is 0.338 e. The van der Waals surface area contributed by atoms with Crippen LogP contribution in [0.5, 0.6) is 0 Å². The van der Waals surface area contributed by atoms with Gasteiger partial charge in [0, 0.05) is 19.1 Å². The smallest absolute Gasteiger partial charge is 0.256 e. The van der Waals surface area contributed by atoms with Crippen molar-refractivity contribution in [2.75, 3.05) is 19.6 Å². The van der Waals surface area contributed by atoms with Crippen molar-refractivity contribution in [3.63, 3.8) is 0 Å². The first kappa shape index (κ1) is 16.0. The molecule has 1 aromatic carbocycles. The molecule has 0 saturated carbocycles. The van der Waals surface area contributed by atoms with Gasteiger partial charge in [0.15, 0.2) is 0 Å². The maximum absolute atomic E-state index is 14.1. The van der Waals surface area contributed by atoms with Crippen LogP contribution in [0.1, 0.15) is 42.6 Å². The van der Waals surface area contributed by atoms with Crippen LogP contribution in [-0.4, -0.2) is 36.5 Å². The van der Waals surface area contributed by atoms with Gasteiger partial charge in [0.2, 0.25) is 0 Å². The number of hydrogen-bond donors (Lipinski definition) is 1. The van der Waals surface area contributed by atoms with Gasteiger partial charge in [-0.15, -0.1) is 0 Å². The second kappa shape index (κ2) is 7.03. The van der Waals surface area contributed by atoms with Crippen molar-refractivity contribution in [1.82, 2.24) is 10.2 Å². The fraction of sp³-hybridized carbons (Fsp3) is 0.588. The molecule has 1 saturated heterocycles. The molecule has 1 aliphatic rings. The lowest BCUT2D eigenvalue weighted by atomic mass is 9.89. The third-order valence-corrected chi connectivity index (χ3v) is 4.43. The van der Waals surface area contributed by atoms with Crippen molar-refractivity contribution in [1.29, 1.82) is 0 Å². The van der Waals surface area contributed by atoms with Gasteiger partial charge in [0.1, 0.15) is 5.82 Å². The molecule has 2 unspecified atom stereocenters. The van der Waals surface area contributed by atoms with Crippen LogP contribution in [0.4, 0.5) is 4.39 Å². The van der Waals surface area contributed by atoms with E-state index < -0.39 is 0 Å². The Balaban J connectivity index is 2.12. The zero-order chi connectivity index (χ0) is 15.4. The summed E-state index contributed by atoms with van der Waals surface area (Å²) in [5.74, 6) is -0.121. The first-order chi connectivity index (χ1) is 10.1. The highest BCUT2D eigenvalue weighted by molar-refractivity contribution is 5.94. The Hall–Kier alpha value is -1.42. The minimum Gasteiger partial charge on any atom is -0.338 e. The second-order valence-corrected chi connectivity index (χ2v) is 5.81. The third kappa shape index (κ3) is 3.43. The van der Waals surface area contributed by atoms with Crippen LogP contribution in [0, 0.1) is 18.7 Å². The molecule has 0 bridgehead atoms. The number of aryl methyl sites for hydroxylation is 1. The molecule has 0 radical (unpaired) electrons. The van der Waals surface area contributed by atoms with Crippen LogP contribution in [0.2, 0.25) is 0 Å². The zero-order valence-electron chi connectivity index (χ0n) is 13.2. The van der Waals surface area contributed by atoms with E-state index in [9.17, 15) is 9.18 Å². The number of halogens is 1. The summed E-state index contributed by atoms with van der Waals surface area (Å²) in [6.45, 7) is 8.29. The highest BCUT2D eigenvalue weighted by Gasteiger charge is 2.31. The summed E-state index contributed by atoms with van der Waals surface area (Å²) < 4.78 is 14.1. The fourth-order valence-corrected chi connectivity index (χ4v) is 3.14. The second-order valence-electron chi connectivity index (χ2n) is 5.81. The molecule has 0 aromatic heterocycles. The van der Waals surface area contributed by atoms with E-state index in [1.807, 2.05) is 0 Å². The number of nitrogens with one attached hydrogen (secondary N) is 1. The van der Waals surface area contributed by atoms with Crippen LogP contribution in [-0.2, 0) is 0 Å². The summed E-state index contributed by atoms with van der Waals surface area (Å²) in [6, 6.07) is 5.49. The normalized spacial score (nSPS) is 22.4. The molecule has 21 heavy (non-hydrogen) atoms. The highest BCUT2D eigenvalue weighted by atomic mass is 19.1. The van der Waals surface area contributed by atoms with Gasteiger partial charge in [-0.3, -0.25) is 4.79 Å². The van der Waals surface area contributed by atoms with Crippen molar-refractivity contribution in [2.24, 2.45) is 5.92 Å². The van der Waals surface area contributed by atoms with Crippen molar-refractivity contribution >= 4 is 5.91 Å². The van der Waals surface area contributed by atoms with E-state index >= 15 is 0 Å². The average molecular weight is 292 g/mol. The molecule has 0 spiro atoms. The maximum atomic E-state index is 14.1. The van der Waals surface area contributed by atoms with Gasteiger partial charge in [0.25, 0.3) is 5.91 Å². The first-order valence-electron chi connectivity index (χ1n) is 7.86. The molecule has 1 amide bonds. The Morgan fingerprint density at radius 3 is 2.86 bits per heavy atom. The van der Waals surface area contributed by atoms with E-state index in [-0.39, 0.29) is 17.3 Å². The molecule has 0 aliphatic carbocycles. The lowest BCUT2D eigenvalue weighted by molar-refractivity contribution is 0.0623. The molecule has 4 heteroatoms. The summed E-state index contributed by atoms with van der Waals surface area (Å²) in [4.78, 5) is 14.4. The zero-order valence-corrected chi connectivity index (χ0v) is 13.2. The maximum Gasteiger partial charge on any atom is 0.256 e. The summed E-state index contributed by atoms with van der Waals surface area (Å²) in [7, 11) is 0. The number of benzene rings is 1. The predicted octanol–water partition coefficient (Wildman–Crippen LogP) is 2.98. The number of likely N-dealkylation sites (tertiary alicyclic amines) is 1. The van der Waals surface area contributed by atoms with E-state index in [4.69, 9.17) is 0 Å². The molecule has 1 fully saturated rings. The van der Waals surface area contributed by atoms with Crippen LogP contribution in [0.15, 0.2) is 18.2 Å². The number of rotatable bonds is 4. The van der Waals surface area contributed by atoms with Crippen LogP contribution in [0.25, 0.3) is 0 Å². The van der Waals surface area contributed by atoms with E-state index in [1.165, 1.54) is 0 Å². The lowest BCUT2D eigenvalue weighted by Crippen LogP contribution is -2.51. The van der Waals surface area contributed by atoms with Crippen molar-refractivity contribution in [3.8, 4) is 0 Å². The Labute approximate surface area is 126 Å². The molecule has 1 N–H and O–H groups in total. The lowest BCUT2D eigenvalue weighted by Gasteiger charge is -2.38. The van der Waals surface area contributed by atoms with Gasteiger partial charge in [-0.25, -0.2) is 4.39 Å². The van der Waals surface area contributed by atoms with Gasteiger partial charge in [-0.1, -0.05) is 32.4 Å². The Morgan fingerprint density at radius 2 is 2.19 bits per heavy atom. The monoisotopic (exact) mass is 292 g/mol. The quantitative estimate of drug-likeness (QED) is 0.925. The van der Waals surface area contributed by atoms with Gasteiger partial charge in [0.05, 0.1) is 5.56 Å². The number of piperidine rings is 1. The number of nitrogens with zero attached hydrogens (tertiary/aromatic N) is 1. The molecule has 2 atom stereocenters. The van der Waals surface area contributed by atoms with E-state index in [0.717, 1.165) is 19.4 Å². The number of amides is 1. The SMILES string of the molecule is CCNC1CCN(C(=O)c2cccc(C)c2F)CC1CC.